The highest BCUT2D eigenvalue weighted by Gasteiger charge is 2.10. The van der Waals surface area contributed by atoms with Gasteiger partial charge in [-0.3, -0.25) is 4.79 Å². The van der Waals surface area contributed by atoms with Crippen LogP contribution in [-0.4, -0.2) is 29.8 Å². The van der Waals surface area contributed by atoms with Gasteiger partial charge in [0, 0.05) is 37.3 Å². The van der Waals surface area contributed by atoms with Crippen molar-refractivity contribution >= 4 is 22.5 Å². The minimum atomic E-state index is 0.113. The lowest BCUT2D eigenvalue weighted by Gasteiger charge is -2.12. The average molecular weight is 355 g/mol. The van der Waals surface area contributed by atoms with Crippen LogP contribution in [0.3, 0.4) is 0 Å². The summed E-state index contributed by atoms with van der Waals surface area (Å²) in [4.78, 5) is 22.6. The molecule has 0 amide bonds. The molecule has 27 heavy (non-hydrogen) atoms. The quantitative estimate of drug-likeness (QED) is 0.527. The summed E-state index contributed by atoms with van der Waals surface area (Å²) in [6.45, 7) is 0. The smallest absolute Gasteiger partial charge is 0.167 e. The van der Waals surface area contributed by atoms with Crippen LogP contribution in [0.2, 0.25) is 0 Å². The number of hydrogen-bond acceptors (Lipinski definition) is 3. The largest absolute Gasteiger partial charge is 0.378 e. The number of hydrogen-bond donors (Lipinski definition) is 1. The van der Waals surface area contributed by atoms with E-state index >= 15 is 0 Å². The standard InChI is InChI=1S/C23H21N3O/c1-26(2)19-11-9-17(10-12-19)22(27)15-16-8-13-20-21(14-16)25-23(24-20)18-6-4-3-5-7-18/h3-14H,15H2,1-2H3,(H,24,25). The zero-order valence-electron chi connectivity index (χ0n) is 15.4. The van der Waals surface area contributed by atoms with E-state index in [1.54, 1.807) is 0 Å². The highest BCUT2D eigenvalue weighted by molar-refractivity contribution is 5.98. The molecule has 0 aliphatic carbocycles. The number of carbonyl (C=O) groups excluding carboxylic acids is 1. The average Bonchev–Trinajstić information content (AvgIpc) is 3.12. The molecule has 4 heteroatoms. The number of ketones is 1. The first-order valence-corrected chi connectivity index (χ1v) is 8.95. The van der Waals surface area contributed by atoms with Crippen LogP contribution in [0.25, 0.3) is 22.4 Å². The van der Waals surface area contributed by atoms with Crippen LogP contribution < -0.4 is 4.90 Å². The summed E-state index contributed by atoms with van der Waals surface area (Å²) in [7, 11) is 3.97. The minimum Gasteiger partial charge on any atom is -0.378 e. The van der Waals surface area contributed by atoms with Gasteiger partial charge in [0.05, 0.1) is 11.0 Å². The van der Waals surface area contributed by atoms with E-state index in [-0.39, 0.29) is 5.78 Å². The van der Waals surface area contributed by atoms with E-state index in [0.717, 1.165) is 39.2 Å². The molecule has 1 N–H and O–H groups in total. The molecule has 4 aromatic rings. The third-order valence-electron chi connectivity index (χ3n) is 4.66. The molecule has 0 aliphatic rings. The summed E-state index contributed by atoms with van der Waals surface area (Å²) in [5.74, 6) is 0.954. The van der Waals surface area contributed by atoms with Crippen molar-refractivity contribution in [3.05, 3.63) is 83.9 Å². The maximum absolute atomic E-state index is 12.6. The molecule has 4 rings (SSSR count). The van der Waals surface area contributed by atoms with Crippen LogP contribution in [0.15, 0.2) is 72.8 Å². The number of imidazole rings is 1. The molecule has 134 valence electrons. The first-order valence-electron chi connectivity index (χ1n) is 8.95. The number of aromatic amines is 1. The summed E-state index contributed by atoms with van der Waals surface area (Å²) >= 11 is 0. The van der Waals surface area contributed by atoms with E-state index in [9.17, 15) is 4.79 Å². The minimum absolute atomic E-state index is 0.113. The van der Waals surface area contributed by atoms with Crippen molar-refractivity contribution in [1.82, 2.24) is 9.97 Å². The Bertz CT molecular complexity index is 1080. The van der Waals surface area contributed by atoms with Gasteiger partial charge in [0.1, 0.15) is 5.82 Å². The predicted molar refractivity (Wildman–Crippen MR) is 110 cm³/mol. The number of nitrogens with zero attached hydrogens (tertiary/aromatic N) is 2. The molecule has 0 aliphatic heterocycles. The second-order valence-electron chi connectivity index (χ2n) is 6.84. The van der Waals surface area contributed by atoms with Gasteiger partial charge >= 0.3 is 0 Å². The van der Waals surface area contributed by atoms with Gasteiger partial charge < -0.3 is 9.88 Å². The van der Waals surface area contributed by atoms with Gasteiger partial charge in [-0.05, 0) is 42.0 Å². The number of H-pyrrole nitrogens is 1. The van der Waals surface area contributed by atoms with Gasteiger partial charge in [0.25, 0.3) is 0 Å². The molecule has 1 aromatic heterocycles. The monoisotopic (exact) mass is 355 g/mol. The molecule has 3 aromatic carbocycles. The Morgan fingerprint density at radius 3 is 2.41 bits per heavy atom. The molecule has 0 spiro atoms. The van der Waals surface area contributed by atoms with E-state index in [0.29, 0.717) is 6.42 Å². The SMILES string of the molecule is CN(C)c1ccc(C(=O)Cc2ccc3nc(-c4ccccc4)[nH]c3c2)cc1. The molecule has 0 bridgehead atoms. The Balaban J connectivity index is 1.56. The topological polar surface area (TPSA) is 49.0 Å². The molecule has 0 fully saturated rings. The first kappa shape index (κ1) is 17.0. The van der Waals surface area contributed by atoms with Crippen molar-refractivity contribution < 1.29 is 4.79 Å². The van der Waals surface area contributed by atoms with Gasteiger partial charge in [-0.1, -0.05) is 36.4 Å². The van der Waals surface area contributed by atoms with E-state index in [1.807, 2.05) is 91.8 Å². The number of benzene rings is 3. The van der Waals surface area contributed by atoms with Crippen molar-refractivity contribution in [3.63, 3.8) is 0 Å². The fourth-order valence-electron chi connectivity index (χ4n) is 3.13. The van der Waals surface area contributed by atoms with Crippen LogP contribution >= 0.6 is 0 Å². The Hall–Kier alpha value is -3.40. The van der Waals surface area contributed by atoms with Crippen LogP contribution in [0.5, 0.6) is 0 Å². The van der Waals surface area contributed by atoms with Crippen molar-refractivity contribution in [1.29, 1.82) is 0 Å². The number of rotatable bonds is 5. The summed E-state index contributed by atoms with van der Waals surface area (Å²) in [6, 6.07) is 23.7. The Kier molecular flexibility index (Phi) is 4.47. The van der Waals surface area contributed by atoms with Crippen molar-refractivity contribution in [3.8, 4) is 11.4 Å². The van der Waals surface area contributed by atoms with Gasteiger partial charge in [0.2, 0.25) is 0 Å². The Morgan fingerprint density at radius 2 is 1.70 bits per heavy atom. The Morgan fingerprint density at radius 1 is 0.963 bits per heavy atom. The highest BCUT2D eigenvalue weighted by atomic mass is 16.1. The third-order valence-corrected chi connectivity index (χ3v) is 4.66. The maximum atomic E-state index is 12.6. The number of carbonyl (C=O) groups is 1. The van der Waals surface area contributed by atoms with Crippen LogP contribution in [0, 0.1) is 0 Å². The molecular weight excluding hydrogens is 334 g/mol. The van der Waals surface area contributed by atoms with E-state index in [4.69, 9.17) is 0 Å². The lowest BCUT2D eigenvalue weighted by molar-refractivity contribution is 0.0993. The molecule has 1 heterocycles. The van der Waals surface area contributed by atoms with E-state index < -0.39 is 0 Å². The second kappa shape index (κ2) is 7.08. The van der Waals surface area contributed by atoms with Gasteiger partial charge in [-0.2, -0.15) is 0 Å². The molecule has 0 radical (unpaired) electrons. The van der Waals surface area contributed by atoms with Crippen LogP contribution in [-0.2, 0) is 6.42 Å². The maximum Gasteiger partial charge on any atom is 0.167 e. The van der Waals surface area contributed by atoms with Gasteiger partial charge in [0.15, 0.2) is 5.78 Å². The zero-order valence-corrected chi connectivity index (χ0v) is 15.4. The highest BCUT2D eigenvalue weighted by Crippen LogP contribution is 2.22. The summed E-state index contributed by atoms with van der Waals surface area (Å²) in [6.07, 6.45) is 0.372. The fourth-order valence-corrected chi connectivity index (χ4v) is 3.13. The Labute approximate surface area is 158 Å². The molecular formula is C23H21N3O. The van der Waals surface area contributed by atoms with Crippen LogP contribution in [0.1, 0.15) is 15.9 Å². The molecule has 0 saturated heterocycles. The normalized spacial score (nSPS) is 10.9. The number of Topliss-reactive ketones (excluding diaryl/α,β-unsaturated/α-hetero) is 1. The first-order chi connectivity index (χ1) is 13.1. The fraction of sp³-hybridized carbons (Fsp3) is 0.130. The summed E-state index contributed by atoms with van der Waals surface area (Å²) in [5, 5.41) is 0. The van der Waals surface area contributed by atoms with Gasteiger partial charge in [-0.25, -0.2) is 4.98 Å². The molecule has 4 nitrogen and oxygen atoms in total. The van der Waals surface area contributed by atoms with Crippen molar-refractivity contribution in [2.75, 3.05) is 19.0 Å². The lowest BCUT2D eigenvalue weighted by Crippen LogP contribution is -2.09. The lowest BCUT2D eigenvalue weighted by atomic mass is 10.0. The number of nitrogens with one attached hydrogen (secondary N) is 1. The number of aromatic nitrogens is 2. The molecule has 0 saturated carbocycles. The van der Waals surface area contributed by atoms with Crippen molar-refractivity contribution in [2.45, 2.75) is 6.42 Å². The zero-order chi connectivity index (χ0) is 18.8. The molecule has 0 atom stereocenters. The summed E-state index contributed by atoms with van der Waals surface area (Å²) < 4.78 is 0. The van der Waals surface area contributed by atoms with Crippen LogP contribution in [0.4, 0.5) is 5.69 Å². The molecule has 0 unspecified atom stereocenters. The summed E-state index contributed by atoms with van der Waals surface area (Å²) in [5.41, 5.74) is 5.69. The number of fused-ring (bicyclic) bond motifs is 1. The predicted octanol–water partition coefficient (Wildman–Crippen LogP) is 4.72. The van der Waals surface area contributed by atoms with E-state index in [2.05, 4.69) is 9.97 Å². The van der Waals surface area contributed by atoms with Gasteiger partial charge in [-0.15, -0.1) is 0 Å². The van der Waals surface area contributed by atoms with E-state index in [1.165, 1.54) is 0 Å². The number of anilines is 1. The van der Waals surface area contributed by atoms with Crippen molar-refractivity contribution in [2.24, 2.45) is 0 Å². The third kappa shape index (κ3) is 3.60. The second-order valence-corrected chi connectivity index (χ2v) is 6.84.